The first kappa shape index (κ1) is 13.3. The summed E-state index contributed by atoms with van der Waals surface area (Å²) in [4.78, 5) is 9.51. The number of nitro groups is 1. The molecule has 0 amide bonds. The summed E-state index contributed by atoms with van der Waals surface area (Å²) in [6.07, 6.45) is 1.41. The van der Waals surface area contributed by atoms with Gasteiger partial charge in [0, 0.05) is 6.54 Å². The Bertz CT molecular complexity index is 390. The van der Waals surface area contributed by atoms with Crippen LogP contribution in [0.1, 0.15) is 12.8 Å². The topological polar surface area (TPSA) is 81.2 Å². The first-order chi connectivity index (χ1) is 8.06. The van der Waals surface area contributed by atoms with Gasteiger partial charge in [0.2, 0.25) is 0 Å². The van der Waals surface area contributed by atoms with Crippen LogP contribution in [0.25, 0.3) is 0 Å². The van der Waals surface area contributed by atoms with Gasteiger partial charge in [-0.2, -0.15) is 0 Å². The monoisotopic (exact) mass is 245 g/mol. The summed E-state index contributed by atoms with van der Waals surface area (Å²) < 4.78 is 26.7. The Morgan fingerprint density at radius 1 is 1.29 bits per heavy atom. The Labute approximate surface area is 96.8 Å². The van der Waals surface area contributed by atoms with Crippen molar-refractivity contribution >= 4 is 11.4 Å². The van der Waals surface area contributed by atoms with Gasteiger partial charge in [0.25, 0.3) is 5.69 Å². The summed E-state index contributed by atoms with van der Waals surface area (Å²) in [5.41, 5.74) is 4.33. The molecule has 0 spiro atoms. The zero-order chi connectivity index (χ0) is 12.8. The number of benzene rings is 1. The molecule has 0 fully saturated rings. The lowest BCUT2D eigenvalue weighted by Crippen LogP contribution is -2.08. The highest BCUT2D eigenvalue weighted by Crippen LogP contribution is 2.24. The van der Waals surface area contributed by atoms with E-state index in [1.165, 1.54) is 0 Å². The number of unbranched alkanes of at least 4 members (excludes halogenated alkanes) is 1. The molecule has 0 aliphatic heterocycles. The average molecular weight is 245 g/mol. The van der Waals surface area contributed by atoms with E-state index in [2.05, 4.69) is 5.32 Å². The molecule has 1 rings (SSSR count). The molecular weight excluding hydrogens is 232 g/mol. The van der Waals surface area contributed by atoms with Crippen LogP contribution in [0, 0.1) is 21.7 Å². The SMILES string of the molecule is NCCCCNc1c(F)cc([N+](=O)[O-])cc1F. The minimum atomic E-state index is -0.968. The van der Waals surface area contributed by atoms with Crippen molar-refractivity contribution < 1.29 is 13.7 Å². The summed E-state index contributed by atoms with van der Waals surface area (Å²) in [7, 11) is 0. The highest BCUT2D eigenvalue weighted by atomic mass is 19.1. The molecule has 0 aromatic heterocycles. The number of rotatable bonds is 6. The number of nitro benzene ring substituents is 1. The van der Waals surface area contributed by atoms with Gasteiger partial charge >= 0.3 is 0 Å². The van der Waals surface area contributed by atoms with Gasteiger partial charge in [0.05, 0.1) is 17.1 Å². The lowest BCUT2D eigenvalue weighted by Gasteiger charge is -2.08. The molecule has 0 unspecified atom stereocenters. The number of nitrogens with one attached hydrogen (secondary N) is 1. The van der Waals surface area contributed by atoms with E-state index in [1.807, 2.05) is 0 Å². The Kier molecular flexibility index (Phi) is 4.77. The van der Waals surface area contributed by atoms with Crippen molar-refractivity contribution in [2.45, 2.75) is 12.8 Å². The van der Waals surface area contributed by atoms with Crippen molar-refractivity contribution in [1.29, 1.82) is 0 Å². The molecule has 0 saturated carbocycles. The van der Waals surface area contributed by atoms with Crippen LogP contribution < -0.4 is 11.1 Å². The second-order valence-corrected chi connectivity index (χ2v) is 3.46. The van der Waals surface area contributed by atoms with E-state index in [0.717, 1.165) is 6.42 Å². The van der Waals surface area contributed by atoms with Crippen LogP contribution in [0.3, 0.4) is 0 Å². The summed E-state index contributed by atoms with van der Waals surface area (Å²) in [5, 5.41) is 12.9. The van der Waals surface area contributed by atoms with Crippen LogP contribution in [0.2, 0.25) is 0 Å². The van der Waals surface area contributed by atoms with E-state index in [-0.39, 0.29) is 5.69 Å². The molecule has 17 heavy (non-hydrogen) atoms. The van der Waals surface area contributed by atoms with Gasteiger partial charge in [-0.1, -0.05) is 0 Å². The van der Waals surface area contributed by atoms with Crippen LogP contribution in [-0.4, -0.2) is 18.0 Å². The number of anilines is 1. The maximum Gasteiger partial charge on any atom is 0.275 e. The third-order valence-corrected chi connectivity index (χ3v) is 2.17. The molecule has 0 saturated heterocycles. The molecule has 0 bridgehead atoms. The Morgan fingerprint density at radius 3 is 2.35 bits per heavy atom. The van der Waals surface area contributed by atoms with Crippen molar-refractivity contribution in [2.75, 3.05) is 18.4 Å². The summed E-state index contributed by atoms with van der Waals surface area (Å²) in [6, 6.07) is 1.38. The van der Waals surface area contributed by atoms with E-state index in [1.54, 1.807) is 0 Å². The fourth-order valence-corrected chi connectivity index (χ4v) is 1.32. The van der Waals surface area contributed by atoms with E-state index in [0.29, 0.717) is 31.6 Å². The Hall–Kier alpha value is -1.76. The van der Waals surface area contributed by atoms with E-state index in [4.69, 9.17) is 5.73 Å². The predicted molar refractivity (Wildman–Crippen MR) is 59.8 cm³/mol. The first-order valence-electron chi connectivity index (χ1n) is 5.13. The molecule has 94 valence electrons. The minimum Gasteiger partial charge on any atom is -0.380 e. The highest BCUT2D eigenvalue weighted by molar-refractivity contribution is 5.51. The Balaban J connectivity index is 2.76. The van der Waals surface area contributed by atoms with Crippen LogP contribution in [0.5, 0.6) is 0 Å². The zero-order valence-corrected chi connectivity index (χ0v) is 9.08. The molecule has 0 aliphatic rings. The molecule has 0 heterocycles. The van der Waals surface area contributed by atoms with Crippen LogP contribution in [-0.2, 0) is 0 Å². The molecule has 1 aromatic carbocycles. The second-order valence-electron chi connectivity index (χ2n) is 3.46. The first-order valence-corrected chi connectivity index (χ1v) is 5.13. The van der Waals surface area contributed by atoms with Gasteiger partial charge in [-0.15, -0.1) is 0 Å². The number of hydrogen-bond donors (Lipinski definition) is 2. The highest BCUT2D eigenvalue weighted by Gasteiger charge is 2.16. The van der Waals surface area contributed by atoms with Crippen molar-refractivity contribution in [3.63, 3.8) is 0 Å². The third-order valence-electron chi connectivity index (χ3n) is 2.17. The van der Waals surface area contributed by atoms with Gasteiger partial charge in [-0.3, -0.25) is 10.1 Å². The van der Waals surface area contributed by atoms with Crippen LogP contribution in [0.4, 0.5) is 20.2 Å². The average Bonchev–Trinajstić information content (AvgIpc) is 2.26. The zero-order valence-electron chi connectivity index (χ0n) is 9.08. The number of halogens is 2. The van der Waals surface area contributed by atoms with Crippen LogP contribution >= 0.6 is 0 Å². The molecular formula is C10H13F2N3O2. The van der Waals surface area contributed by atoms with Crippen molar-refractivity contribution in [3.8, 4) is 0 Å². The normalized spacial score (nSPS) is 10.3. The van der Waals surface area contributed by atoms with Gasteiger partial charge in [-0.05, 0) is 19.4 Å². The van der Waals surface area contributed by atoms with E-state index in [9.17, 15) is 18.9 Å². The molecule has 0 radical (unpaired) electrons. The smallest absolute Gasteiger partial charge is 0.275 e. The lowest BCUT2D eigenvalue weighted by molar-refractivity contribution is -0.385. The summed E-state index contributed by atoms with van der Waals surface area (Å²) in [6.45, 7) is 0.871. The standard InChI is InChI=1S/C10H13F2N3O2/c11-8-5-7(15(16)17)6-9(12)10(8)14-4-2-1-3-13/h5-6,14H,1-4,13H2. The fraction of sp³-hybridized carbons (Fsp3) is 0.400. The number of nitrogens with two attached hydrogens (primary N) is 1. The molecule has 0 aliphatic carbocycles. The molecule has 1 aromatic rings. The maximum atomic E-state index is 13.3. The summed E-state index contributed by atoms with van der Waals surface area (Å²) in [5.74, 6) is -1.94. The molecule has 3 N–H and O–H groups in total. The largest absolute Gasteiger partial charge is 0.380 e. The van der Waals surface area contributed by atoms with E-state index < -0.39 is 22.2 Å². The van der Waals surface area contributed by atoms with E-state index >= 15 is 0 Å². The fourth-order valence-electron chi connectivity index (χ4n) is 1.32. The second kappa shape index (κ2) is 6.09. The lowest BCUT2D eigenvalue weighted by atomic mass is 10.2. The van der Waals surface area contributed by atoms with Gasteiger partial charge in [0.1, 0.15) is 5.69 Å². The Morgan fingerprint density at radius 2 is 1.88 bits per heavy atom. The molecule has 0 atom stereocenters. The molecule has 5 nitrogen and oxygen atoms in total. The number of non-ortho nitro benzene ring substituents is 1. The van der Waals surface area contributed by atoms with Crippen molar-refractivity contribution in [3.05, 3.63) is 33.9 Å². The van der Waals surface area contributed by atoms with Gasteiger partial charge in [0.15, 0.2) is 11.6 Å². The summed E-state index contributed by atoms with van der Waals surface area (Å²) >= 11 is 0. The predicted octanol–water partition coefficient (Wildman–Crippen LogP) is 2.02. The maximum absolute atomic E-state index is 13.3. The van der Waals surface area contributed by atoms with Gasteiger partial charge < -0.3 is 11.1 Å². The van der Waals surface area contributed by atoms with Crippen molar-refractivity contribution in [1.82, 2.24) is 0 Å². The van der Waals surface area contributed by atoms with Crippen molar-refractivity contribution in [2.24, 2.45) is 5.73 Å². The van der Waals surface area contributed by atoms with Gasteiger partial charge in [-0.25, -0.2) is 8.78 Å². The number of nitrogens with zero attached hydrogens (tertiary/aromatic N) is 1. The third kappa shape index (κ3) is 3.63. The van der Waals surface area contributed by atoms with Crippen LogP contribution in [0.15, 0.2) is 12.1 Å². The minimum absolute atomic E-state index is 0.340. The number of hydrogen-bond acceptors (Lipinski definition) is 4. The quantitative estimate of drug-likeness (QED) is 0.456. The molecule has 7 heteroatoms.